The van der Waals surface area contributed by atoms with Gasteiger partial charge in [0, 0.05) is 18.2 Å². The highest BCUT2D eigenvalue weighted by molar-refractivity contribution is 6.02. The third-order valence-corrected chi connectivity index (χ3v) is 3.79. The number of hydrogen-bond donors (Lipinski definition) is 1. The van der Waals surface area contributed by atoms with Crippen LogP contribution in [0.5, 0.6) is 5.75 Å². The molecule has 0 saturated carbocycles. The minimum atomic E-state index is -0.120. The number of benzene rings is 2. The van der Waals surface area contributed by atoms with Crippen molar-refractivity contribution in [2.45, 2.75) is 20.3 Å². The number of carbonyl (C=O) groups excluding carboxylic acids is 1. The van der Waals surface area contributed by atoms with E-state index in [-0.39, 0.29) is 5.91 Å². The monoisotopic (exact) mass is 293 g/mol. The second-order valence-corrected chi connectivity index (χ2v) is 5.61. The Morgan fingerprint density at radius 3 is 2.91 bits per heavy atom. The number of amides is 1. The van der Waals surface area contributed by atoms with Gasteiger partial charge < -0.3 is 10.1 Å². The molecular formula is C19H19NO2. The molecule has 0 aliphatic carbocycles. The molecule has 3 nitrogen and oxygen atoms in total. The summed E-state index contributed by atoms with van der Waals surface area (Å²) in [5.74, 6) is 0.836. The molecule has 3 heteroatoms. The van der Waals surface area contributed by atoms with E-state index in [2.05, 4.69) is 11.4 Å². The van der Waals surface area contributed by atoms with Crippen molar-refractivity contribution < 1.29 is 9.53 Å². The lowest BCUT2D eigenvalue weighted by Crippen LogP contribution is -2.09. The summed E-state index contributed by atoms with van der Waals surface area (Å²) < 4.78 is 5.48. The molecule has 1 N–H and O–H groups in total. The number of hydrogen-bond acceptors (Lipinski definition) is 2. The third kappa shape index (κ3) is 3.19. The van der Waals surface area contributed by atoms with E-state index in [0.29, 0.717) is 0 Å². The average Bonchev–Trinajstić information content (AvgIpc) is 2.96. The van der Waals surface area contributed by atoms with Crippen LogP contribution in [0.4, 0.5) is 5.69 Å². The fourth-order valence-electron chi connectivity index (χ4n) is 2.53. The summed E-state index contributed by atoms with van der Waals surface area (Å²) in [6, 6.07) is 12.0. The van der Waals surface area contributed by atoms with Gasteiger partial charge in [-0.15, -0.1) is 0 Å². The molecule has 1 aliphatic heterocycles. The van der Waals surface area contributed by atoms with Gasteiger partial charge in [0.1, 0.15) is 5.75 Å². The molecule has 0 radical (unpaired) electrons. The normalized spacial score (nSPS) is 13.0. The first-order valence-electron chi connectivity index (χ1n) is 7.44. The van der Waals surface area contributed by atoms with Crippen LogP contribution in [0.15, 0.2) is 42.5 Å². The van der Waals surface area contributed by atoms with E-state index in [0.717, 1.165) is 41.2 Å². The number of aryl methyl sites for hydroxylation is 2. The van der Waals surface area contributed by atoms with Gasteiger partial charge in [-0.25, -0.2) is 0 Å². The van der Waals surface area contributed by atoms with E-state index < -0.39 is 0 Å². The van der Waals surface area contributed by atoms with Gasteiger partial charge in [-0.05, 0) is 60.4 Å². The fourth-order valence-corrected chi connectivity index (χ4v) is 2.53. The third-order valence-electron chi connectivity index (χ3n) is 3.79. The van der Waals surface area contributed by atoms with Gasteiger partial charge in [0.15, 0.2) is 0 Å². The van der Waals surface area contributed by atoms with Crippen molar-refractivity contribution in [1.82, 2.24) is 0 Å². The van der Waals surface area contributed by atoms with E-state index in [9.17, 15) is 4.79 Å². The molecule has 1 amide bonds. The molecular weight excluding hydrogens is 274 g/mol. The van der Waals surface area contributed by atoms with Gasteiger partial charge in [-0.1, -0.05) is 18.2 Å². The van der Waals surface area contributed by atoms with Crippen molar-refractivity contribution in [3.05, 3.63) is 64.7 Å². The maximum Gasteiger partial charge on any atom is 0.248 e. The second-order valence-electron chi connectivity index (χ2n) is 5.61. The Labute approximate surface area is 130 Å². The zero-order valence-electron chi connectivity index (χ0n) is 12.8. The Morgan fingerprint density at radius 1 is 1.18 bits per heavy atom. The highest BCUT2D eigenvalue weighted by Gasteiger charge is 2.11. The molecule has 0 saturated heterocycles. The van der Waals surface area contributed by atoms with Crippen molar-refractivity contribution in [3.63, 3.8) is 0 Å². The van der Waals surface area contributed by atoms with Crippen molar-refractivity contribution >= 4 is 17.7 Å². The largest absolute Gasteiger partial charge is 0.493 e. The van der Waals surface area contributed by atoms with Crippen LogP contribution in [0.25, 0.3) is 6.08 Å². The van der Waals surface area contributed by atoms with E-state index in [4.69, 9.17) is 4.74 Å². The lowest BCUT2D eigenvalue weighted by atomic mass is 10.1. The first kappa shape index (κ1) is 14.4. The predicted molar refractivity (Wildman–Crippen MR) is 89.2 cm³/mol. The molecule has 112 valence electrons. The highest BCUT2D eigenvalue weighted by atomic mass is 16.5. The fraction of sp³-hybridized carbons (Fsp3) is 0.211. The van der Waals surface area contributed by atoms with Crippen LogP contribution in [0.2, 0.25) is 0 Å². The van der Waals surface area contributed by atoms with E-state index in [1.54, 1.807) is 6.08 Å². The van der Waals surface area contributed by atoms with Crippen LogP contribution in [0, 0.1) is 13.8 Å². The Balaban J connectivity index is 1.70. The topological polar surface area (TPSA) is 38.3 Å². The molecule has 3 rings (SSSR count). The van der Waals surface area contributed by atoms with Crippen molar-refractivity contribution in [1.29, 1.82) is 0 Å². The molecule has 2 aromatic rings. The summed E-state index contributed by atoms with van der Waals surface area (Å²) in [7, 11) is 0. The molecule has 1 heterocycles. The average molecular weight is 293 g/mol. The standard InChI is InChI=1S/C19H19NO2/c1-13-3-4-14(2)17(11-13)20-19(21)8-6-15-5-7-18-16(12-15)9-10-22-18/h3-8,11-12H,9-10H2,1-2H3,(H,20,21)/b8-6+. The van der Waals surface area contributed by atoms with Gasteiger partial charge in [0.2, 0.25) is 5.91 Å². The van der Waals surface area contributed by atoms with E-state index >= 15 is 0 Å². The summed E-state index contributed by atoms with van der Waals surface area (Å²) in [6.07, 6.45) is 4.34. The molecule has 0 aromatic heterocycles. The molecule has 2 aromatic carbocycles. The number of anilines is 1. The van der Waals surface area contributed by atoms with E-state index in [1.165, 1.54) is 5.56 Å². The summed E-state index contributed by atoms with van der Waals surface area (Å²) >= 11 is 0. The Kier molecular flexibility index (Phi) is 3.96. The molecule has 0 spiro atoms. The van der Waals surface area contributed by atoms with Crippen molar-refractivity contribution in [3.8, 4) is 5.75 Å². The quantitative estimate of drug-likeness (QED) is 0.872. The zero-order chi connectivity index (χ0) is 15.5. The van der Waals surface area contributed by atoms with E-state index in [1.807, 2.05) is 50.3 Å². The summed E-state index contributed by atoms with van der Waals surface area (Å²) in [6.45, 7) is 4.74. The lowest BCUT2D eigenvalue weighted by Gasteiger charge is -2.07. The van der Waals surface area contributed by atoms with Crippen LogP contribution >= 0.6 is 0 Å². The molecule has 22 heavy (non-hydrogen) atoms. The summed E-state index contributed by atoms with van der Waals surface area (Å²) in [4.78, 5) is 12.1. The van der Waals surface area contributed by atoms with Gasteiger partial charge in [-0.3, -0.25) is 4.79 Å². The SMILES string of the molecule is Cc1ccc(C)c(NC(=O)/C=C/c2ccc3c(c2)CCO3)c1. The number of carbonyl (C=O) groups is 1. The van der Waals surface area contributed by atoms with Gasteiger partial charge in [0.25, 0.3) is 0 Å². The van der Waals surface area contributed by atoms with Crippen LogP contribution in [-0.2, 0) is 11.2 Å². The van der Waals surface area contributed by atoms with Crippen molar-refractivity contribution in [2.75, 3.05) is 11.9 Å². The molecule has 0 atom stereocenters. The number of ether oxygens (including phenoxy) is 1. The smallest absolute Gasteiger partial charge is 0.248 e. The Bertz CT molecular complexity index is 747. The minimum absolute atomic E-state index is 0.120. The number of fused-ring (bicyclic) bond motifs is 1. The lowest BCUT2D eigenvalue weighted by molar-refractivity contribution is -0.111. The zero-order valence-corrected chi connectivity index (χ0v) is 12.8. The van der Waals surface area contributed by atoms with Crippen molar-refractivity contribution in [2.24, 2.45) is 0 Å². The summed E-state index contributed by atoms with van der Waals surface area (Å²) in [5, 5.41) is 2.92. The molecule has 0 unspecified atom stereocenters. The van der Waals surface area contributed by atoms with Crippen LogP contribution < -0.4 is 10.1 Å². The molecule has 1 aliphatic rings. The second kappa shape index (κ2) is 6.06. The first-order valence-corrected chi connectivity index (χ1v) is 7.44. The predicted octanol–water partition coefficient (Wildman–Crippen LogP) is 3.89. The molecule has 0 bridgehead atoms. The van der Waals surface area contributed by atoms with Crippen LogP contribution in [0.3, 0.4) is 0 Å². The minimum Gasteiger partial charge on any atom is -0.493 e. The van der Waals surface area contributed by atoms with Gasteiger partial charge in [0.05, 0.1) is 6.61 Å². The Morgan fingerprint density at radius 2 is 2.05 bits per heavy atom. The van der Waals surface area contributed by atoms with Crippen LogP contribution in [-0.4, -0.2) is 12.5 Å². The summed E-state index contributed by atoms with van der Waals surface area (Å²) in [5.41, 5.74) is 5.26. The first-order chi connectivity index (χ1) is 10.6. The Hall–Kier alpha value is -2.55. The maximum atomic E-state index is 12.1. The number of nitrogens with one attached hydrogen (secondary N) is 1. The number of rotatable bonds is 3. The van der Waals surface area contributed by atoms with Crippen LogP contribution in [0.1, 0.15) is 22.3 Å². The molecule has 0 fully saturated rings. The van der Waals surface area contributed by atoms with Gasteiger partial charge >= 0.3 is 0 Å². The highest BCUT2D eigenvalue weighted by Crippen LogP contribution is 2.26. The van der Waals surface area contributed by atoms with Gasteiger partial charge in [-0.2, -0.15) is 0 Å². The maximum absolute atomic E-state index is 12.1.